The van der Waals surface area contributed by atoms with Crippen molar-refractivity contribution < 1.29 is 19.8 Å². The minimum Gasteiger partial charge on any atom is -0.481 e. The molecule has 0 aliphatic heterocycles. The third-order valence-electron chi connectivity index (χ3n) is 9.20. The second-order valence-corrected chi connectivity index (χ2v) is 11.2. The summed E-state index contributed by atoms with van der Waals surface area (Å²) < 4.78 is 0. The highest BCUT2D eigenvalue weighted by Gasteiger charge is 2.62. The van der Waals surface area contributed by atoms with Gasteiger partial charge in [-0.05, 0) is 91.6 Å². The van der Waals surface area contributed by atoms with Crippen molar-refractivity contribution in [3.63, 3.8) is 0 Å². The second kappa shape index (κ2) is 6.57. The number of carboxylic acids is 1. The summed E-state index contributed by atoms with van der Waals surface area (Å²) in [5.41, 5.74) is -0.0586. The molecule has 0 aromatic carbocycles. The fourth-order valence-electron chi connectivity index (χ4n) is 8.01. The zero-order valence-electron chi connectivity index (χ0n) is 17.2. The van der Waals surface area contributed by atoms with E-state index in [0.29, 0.717) is 24.2 Å². The maximum absolute atomic E-state index is 12.0. The molecule has 8 atom stereocenters. The summed E-state index contributed by atoms with van der Waals surface area (Å²) in [4.78, 5) is 23.4. The molecule has 4 rings (SSSR count). The molecule has 4 aliphatic rings. The summed E-state index contributed by atoms with van der Waals surface area (Å²) in [5.74, 6) is 0.772. The summed E-state index contributed by atoms with van der Waals surface area (Å²) >= 11 is 6.85. The van der Waals surface area contributed by atoms with Gasteiger partial charge in [0.05, 0.1) is 17.4 Å². The number of aliphatic hydroxyl groups is 1. The normalized spacial score (nSPS) is 47.4. The van der Waals surface area contributed by atoms with Gasteiger partial charge in [0, 0.05) is 6.42 Å². The van der Waals surface area contributed by atoms with Crippen LogP contribution in [0.4, 0.5) is 0 Å². The number of carboxylic acid groups (broad SMARTS) is 1. The van der Waals surface area contributed by atoms with Crippen LogP contribution in [0.25, 0.3) is 0 Å². The fourth-order valence-corrected chi connectivity index (χ4v) is 8.53. The lowest BCUT2D eigenvalue weighted by Crippen LogP contribution is -2.55. The number of hydrogen-bond donors (Lipinski definition) is 2. The van der Waals surface area contributed by atoms with Gasteiger partial charge in [-0.25, -0.2) is 0 Å². The molecule has 0 radical (unpaired) electrons. The minimum absolute atomic E-state index is 0.00619. The van der Waals surface area contributed by atoms with Crippen molar-refractivity contribution in [1.29, 1.82) is 0 Å². The van der Waals surface area contributed by atoms with E-state index in [4.69, 9.17) is 11.6 Å². The first-order chi connectivity index (χ1) is 13.0. The standard InChI is InChI=1S/C23H33ClO4/c1-21-8-6-13(25)10-17(21)18(24)11-14-15-4-5-19(23(3,28)12-20(26)27)22(15,2)9-7-16(14)21/h10,14-16,18-19,28H,4-9,11-12H2,1-3H3,(H,26,27)/t14-,15-,16-,18?,19-,21+,22-,23?/m0/s1. The van der Waals surface area contributed by atoms with Crippen molar-refractivity contribution in [3.05, 3.63) is 11.6 Å². The molecule has 0 aromatic rings. The van der Waals surface area contributed by atoms with E-state index in [9.17, 15) is 19.8 Å². The first-order valence-electron chi connectivity index (χ1n) is 10.8. The Hall–Kier alpha value is -0.870. The van der Waals surface area contributed by atoms with Crippen LogP contribution in [0, 0.1) is 34.5 Å². The minimum atomic E-state index is -1.18. The lowest BCUT2D eigenvalue weighted by molar-refractivity contribution is -0.150. The Morgan fingerprint density at radius 2 is 1.96 bits per heavy atom. The molecule has 3 fully saturated rings. The molecule has 4 nitrogen and oxygen atoms in total. The van der Waals surface area contributed by atoms with Gasteiger partial charge >= 0.3 is 5.97 Å². The number of aliphatic carboxylic acids is 1. The molecular weight excluding hydrogens is 376 g/mol. The van der Waals surface area contributed by atoms with Crippen molar-refractivity contribution in [2.24, 2.45) is 34.5 Å². The zero-order chi connectivity index (χ0) is 20.5. The Kier molecular flexibility index (Phi) is 4.79. The summed E-state index contributed by atoms with van der Waals surface area (Å²) in [6.45, 7) is 6.31. The number of alkyl halides is 1. The number of hydrogen-bond acceptors (Lipinski definition) is 3. The van der Waals surface area contributed by atoms with Crippen LogP contribution in [0.1, 0.15) is 72.1 Å². The van der Waals surface area contributed by atoms with Gasteiger partial charge in [0.25, 0.3) is 0 Å². The van der Waals surface area contributed by atoms with Crippen LogP contribution in [0.5, 0.6) is 0 Å². The molecule has 0 saturated heterocycles. The lowest BCUT2D eigenvalue weighted by Gasteiger charge is -2.59. The quantitative estimate of drug-likeness (QED) is 0.670. The smallest absolute Gasteiger partial charge is 0.306 e. The third-order valence-corrected chi connectivity index (χ3v) is 9.61. The number of allylic oxidation sites excluding steroid dienone is 1. The van der Waals surface area contributed by atoms with E-state index in [1.807, 2.05) is 6.08 Å². The van der Waals surface area contributed by atoms with Crippen molar-refractivity contribution in [2.75, 3.05) is 0 Å². The van der Waals surface area contributed by atoms with Crippen LogP contribution in [-0.4, -0.2) is 32.9 Å². The van der Waals surface area contributed by atoms with Crippen LogP contribution in [0.2, 0.25) is 0 Å². The Balaban J connectivity index is 1.65. The maximum Gasteiger partial charge on any atom is 0.306 e. The van der Waals surface area contributed by atoms with Crippen LogP contribution in [0.15, 0.2) is 11.6 Å². The summed E-state index contributed by atoms with van der Waals surface area (Å²) in [6.07, 6.45) is 8.06. The monoisotopic (exact) mass is 408 g/mol. The van der Waals surface area contributed by atoms with E-state index < -0.39 is 11.6 Å². The zero-order valence-corrected chi connectivity index (χ0v) is 18.0. The first-order valence-corrected chi connectivity index (χ1v) is 11.3. The molecule has 0 aromatic heterocycles. The highest BCUT2D eigenvalue weighted by Crippen LogP contribution is 2.68. The summed E-state index contributed by atoms with van der Waals surface area (Å²) in [5, 5.41) is 20.2. The largest absolute Gasteiger partial charge is 0.481 e. The average Bonchev–Trinajstić information content (AvgIpc) is 2.94. The van der Waals surface area contributed by atoms with Gasteiger partial charge in [0.1, 0.15) is 0 Å². The van der Waals surface area contributed by atoms with E-state index in [1.54, 1.807) is 6.92 Å². The Bertz CT molecular complexity index is 728. The molecular formula is C23H33ClO4. The number of fused-ring (bicyclic) bond motifs is 5. The highest BCUT2D eigenvalue weighted by molar-refractivity contribution is 6.23. The molecule has 0 spiro atoms. The van der Waals surface area contributed by atoms with Gasteiger partial charge in [-0.1, -0.05) is 13.8 Å². The van der Waals surface area contributed by atoms with Crippen LogP contribution >= 0.6 is 11.6 Å². The number of ketones is 1. The van der Waals surface area contributed by atoms with Gasteiger partial charge in [0.15, 0.2) is 5.78 Å². The predicted molar refractivity (Wildman–Crippen MR) is 108 cm³/mol. The van der Waals surface area contributed by atoms with Crippen molar-refractivity contribution in [3.8, 4) is 0 Å². The molecule has 156 valence electrons. The molecule has 0 bridgehead atoms. The van der Waals surface area contributed by atoms with Crippen molar-refractivity contribution >= 4 is 23.4 Å². The lowest BCUT2D eigenvalue weighted by atomic mass is 9.46. The van der Waals surface area contributed by atoms with Gasteiger partial charge in [-0.3, -0.25) is 9.59 Å². The maximum atomic E-state index is 12.0. The van der Waals surface area contributed by atoms with E-state index in [2.05, 4.69) is 13.8 Å². The van der Waals surface area contributed by atoms with E-state index >= 15 is 0 Å². The van der Waals surface area contributed by atoms with Gasteiger partial charge in [0.2, 0.25) is 0 Å². The molecule has 2 N–H and O–H groups in total. The van der Waals surface area contributed by atoms with Crippen molar-refractivity contribution in [2.45, 2.75) is 83.1 Å². The number of rotatable bonds is 3. The molecule has 3 saturated carbocycles. The number of halogens is 1. The van der Waals surface area contributed by atoms with E-state index in [-0.39, 0.29) is 34.3 Å². The number of carbonyl (C=O) groups excluding carboxylic acids is 1. The average molecular weight is 409 g/mol. The third kappa shape index (κ3) is 2.89. The Morgan fingerprint density at radius 1 is 1.25 bits per heavy atom. The van der Waals surface area contributed by atoms with Crippen LogP contribution in [-0.2, 0) is 9.59 Å². The Morgan fingerprint density at radius 3 is 2.64 bits per heavy atom. The fraction of sp³-hybridized carbons (Fsp3) is 0.826. The molecule has 2 unspecified atom stereocenters. The molecule has 4 aliphatic carbocycles. The van der Waals surface area contributed by atoms with Crippen LogP contribution < -0.4 is 0 Å². The first kappa shape index (κ1) is 20.4. The molecule has 0 amide bonds. The van der Waals surface area contributed by atoms with E-state index in [1.165, 1.54) is 0 Å². The van der Waals surface area contributed by atoms with Gasteiger partial charge < -0.3 is 10.2 Å². The van der Waals surface area contributed by atoms with Crippen LogP contribution in [0.3, 0.4) is 0 Å². The predicted octanol–water partition coefficient (Wildman–Crippen LogP) is 4.58. The molecule has 5 heteroatoms. The molecule has 28 heavy (non-hydrogen) atoms. The van der Waals surface area contributed by atoms with E-state index in [0.717, 1.165) is 44.1 Å². The van der Waals surface area contributed by atoms with Crippen molar-refractivity contribution in [1.82, 2.24) is 0 Å². The number of carbonyl (C=O) groups is 2. The highest BCUT2D eigenvalue weighted by atomic mass is 35.5. The van der Waals surface area contributed by atoms with Gasteiger partial charge in [-0.2, -0.15) is 0 Å². The summed E-state index contributed by atoms with van der Waals surface area (Å²) in [6, 6.07) is 0. The SMILES string of the molecule is CC(O)(CC(=O)O)[C@H]1CC[C@H]2[C@@H]3CC(Cl)C4=CC(=O)CC[C@]4(C)[C@H]3CC[C@]12C. The van der Waals surface area contributed by atoms with Gasteiger partial charge in [-0.15, -0.1) is 11.6 Å². The molecule has 0 heterocycles. The summed E-state index contributed by atoms with van der Waals surface area (Å²) in [7, 11) is 0. The Labute approximate surface area is 172 Å². The topological polar surface area (TPSA) is 74.6 Å². The second-order valence-electron chi connectivity index (χ2n) is 10.7.